The zero-order chi connectivity index (χ0) is 32.2. The van der Waals surface area contributed by atoms with Crippen molar-refractivity contribution < 1.29 is 23.8 Å². The van der Waals surface area contributed by atoms with Gasteiger partial charge in [-0.15, -0.1) is 0 Å². The lowest BCUT2D eigenvalue weighted by molar-refractivity contribution is -0.188. The molecule has 0 bridgehead atoms. The van der Waals surface area contributed by atoms with Crippen LogP contribution < -0.4 is 0 Å². The molecule has 0 aliphatic heterocycles. The Balaban J connectivity index is 3.57. The van der Waals surface area contributed by atoms with Crippen LogP contribution in [0.25, 0.3) is 0 Å². The topological polar surface area (TPSA) is 61.8 Å². The van der Waals surface area contributed by atoms with E-state index in [4.69, 9.17) is 14.2 Å². The Hall–Kier alpha value is -1.62. The van der Waals surface area contributed by atoms with E-state index in [0.29, 0.717) is 12.8 Å². The maximum absolute atomic E-state index is 12.2. The summed E-state index contributed by atoms with van der Waals surface area (Å²) in [6.45, 7) is 4.48. The highest BCUT2D eigenvalue weighted by molar-refractivity contribution is 5.70. The molecule has 5 nitrogen and oxygen atoms in total. The van der Waals surface area contributed by atoms with Crippen molar-refractivity contribution in [2.24, 2.45) is 0 Å². The normalized spacial score (nSPS) is 12.3. The highest BCUT2D eigenvalue weighted by Crippen LogP contribution is 2.13. The van der Waals surface area contributed by atoms with Gasteiger partial charge in [-0.1, -0.05) is 141 Å². The highest BCUT2D eigenvalue weighted by atomic mass is 16.7. The maximum Gasteiger partial charge on any atom is 0.308 e. The average Bonchev–Trinajstić information content (AvgIpc) is 3.02. The summed E-state index contributed by atoms with van der Waals surface area (Å²) in [7, 11) is 1.47. The fourth-order valence-corrected chi connectivity index (χ4v) is 5.27. The number of carbonyl (C=O) groups excluding carboxylic acids is 2. The summed E-state index contributed by atoms with van der Waals surface area (Å²) in [5.74, 6) is -0.536. The van der Waals surface area contributed by atoms with Crippen LogP contribution in [0.3, 0.4) is 0 Å². The zero-order valence-electron chi connectivity index (χ0n) is 29.4. The van der Waals surface area contributed by atoms with Crippen LogP contribution in [0.4, 0.5) is 0 Å². The number of carbonyl (C=O) groups is 2. The molecule has 0 aliphatic rings. The van der Waals surface area contributed by atoms with Crippen molar-refractivity contribution >= 4 is 11.9 Å². The van der Waals surface area contributed by atoms with Crippen LogP contribution in [0.5, 0.6) is 0 Å². The van der Waals surface area contributed by atoms with Gasteiger partial charge in [0.05, 0.1) is 0 Å². The van der Waals surface area contributed by atoms with Crippen molar-refractivity contribution in [1.29, 1.82) is 0 Å². The molecule has 44 heavy (non-hydrogen) atoms. The third kappa shape index (κ3) is 33.3. The molecule has 0 aromatic carbocycles. The van der Waals surface area contributed by atoms with E-state index in [1.807, 2.05) is 0 Å². The number of unbranched alkanes of at least 4 members (excludes halogenated alkanes) is 22. The van der Waals surface area contributed by atoms with Gasteiger partial charge in [0.2, 0.25) is 6.29 Å². The van der Waals surface area contributed by atoms with E-state index in [0.717, 1.165) is 38.5 Å². The van der Waals surface area contributed by atoms with Gasteiger partial charge in [0.25, 0.3) is 0 Å². The monoisotopic (exact) mass is 621 g/mol. The summed E-state index contributed by atoms with van der Waals surface area (Å²) < 4.78 is 15.8. The second-order valence-electron chi connectivity index (χ2n) is 12.5. The molecule has 0 amide bonds. The first-order valence-electron chi connectivity index (χ1n) is 18.8. The first kappa shape index (κ1) is 42.4. The Labute approximate surface area is 273 Å². The lowest BCUT2D eigenvalue weighted by Crippen LogP contribution is -2.26. The lowest BCUT2D eigenvalue weighted by Gasteiger charge is -2.16. The van der Waals surface area contributed by atoms with Gasteiger partial charge in [0, 0.05) is 20.0 Å². The van der Waals surface area contributed by atoms with Crippen LogP contribution in [0, 0.1) is 0 Å². The third-order valence-corrected chi connectivity index (χ3v) is 8.19. The van der Waals surface area contributed by atoms with E-state index in [2.05, 4.69) is 38.2 Å². The van der Waals surface area contributed by atoms with Crippen LogP contribution >= 0.6 is 0 Å². The molecule has 0 radical (unpaired) electrons. The van der Waals surface area contributed by atoms with E-state index >= 15 is 0 Å². The van der Waals surface area contributed by atoms with Crippen LogP contribution in [0.15, 0.2) is 24.3 Å². The summed E-state index contributed by atoms with van der Waals surface area (Å²) >= 11 is 0. The number of esters is 2. The molecular formula is C39H72O5. The summed E-state index contributed by atoms with van der Waals surface area (Å²) in [6.07, 6.45) is 41.2. The second kappa shape index (κ2) is 35.9. The zero-order valence-corrected chi connectivity index (χ0v) is 29.4. The van der Waals surface area contributed by atoms with Gasteiger partial charge < -0.3 is 14.2 Å². The number of rotatable bonds is 34. The Kier molecular flexibility index (Phi) is 34.5. The summed E-state index contributed by atoms with van der Waals surface area (Å²) in [5, 5.41) is 0. The molecule has 0 spiro atoms. The van der Waals surface area contributed by atoms with Crippen molar-refractivity contribution in [2.45, 2.75) is 200 Å². The predicted molar refractivity (Wildman–Crippen MR) is 187 cm³/mol. The molecule has 1 unspecified atom stereocenters. The minimum atomic E-state index is -0.828. The summed E-state index contributed by atoms with van der Waals surface area (Å²) in [4.78, 5) is 24.2. The number of ether oxygens (including phenoxy) is 3. The van der Waals surface area contributed by atoms with Crippen molar-refractivity contribution in [2.75, 3.05) is 13.7 Å². The first-order valence-corrected chi connectivity index (χ1v) is 18.8. The minimum absolute atomic E-state index is 0.0410. The number of hydrogen-bond donors (Lipinski definition) is 0. The number of allylic oxidation sites excluding steroid dienone is 4. The summed E-state index contributed by atoms with van der Waals surface area (Å²) in [5.41, 5.74) is 0. The van der Waals surface area contributed by atoms with Gasteiger partial charge in [-0.25, -0.2) is 0 Å². The van der Waals surface area contributed by atoms with Crippen molar-refractivity contribution in [3.05, 3.63) is 24.3 Å². The molecule has 0 N–H and O–H groups in total. The summed E-state index contributed by atoms with van der Waals surface area (Å²) in [6, 6.07) is 0. The first-order chi connectivity index (χ1) is 21.6. The van der Waals surface area contributed by atoms with Gasteiger partial charge in [0.1, 0.15) is 0 Å². The Morgan fingerprint density at radius 1 is 0.477 bits per heavy atom. The molecule has 0 aromatic rings. The largest absolute Gasteiger partial charge is 0.459 e. The number of methoxy groups -OCH3 is 1. The van der Waals surface area contributed by atoms with Gasteiger partial charge in [-0.2, -0.15) is 0 Å². The van der Waals surface area contributed by atoms with Crippen LogP contribution in [0.2, 0.25) is 0 Å². The molecule has 5 heteroatoms. The van der Waals surface area contributed by atoms with Gasteiger partial charge in [-0.3, -0.25) is 9.59 Å². The Bertz CT molecular complexity index is 671. The molecule has 0 saturated carbocycles. The maximum atomic E-state index is 12.2. The van der Waals surface area contributed by atoms with Gasteiger partial charge in [-0.05, 0) is 64.2 Å². The predicted octanol–water partition coefficient (Wildman–Crippen LogP) is 12.1. The second-order valence-corrected chi connectivity index (χ2v) is 12.5. The molecule has 0 fully saturated rings. The van der Waals surface area contributed by atoms with E-state index in [-0.39, 0.29) is 18.5 Å². The van der Waals surface area contributed by atoms with E-state index in [9.17, 15) is 9.59 Å². The van der Waals surface area contributed by atoms with E-state index in [1.54, 1.807) is 0 Å². The van der Waals surface area contributed by atoms with Crippen molar-refractivity contribution in [1.82, 2.24) is 0 Å². The van der Waals surface area contributed by atoms with E-state index < -0.39 is 6.29 Å². The smallest absolute Gasteiger partial charge is 0.308 e. The quantitative estimate of drug-likeness (QED) is 0.0310. The third-order valence-electron chi connectivity index (χ3n) is 8.19. The van der Waals surface area contributed by atoms with Crippen molar-refractivity contribution in [3.8, 4) is 0 Å². The fraction of sp³-hybridized carbons (Fsp3) is 0.846. The van der Waals surface area contributed by atoms with Crippen LogP contribution in [-0.4, -0.2) is 31.9 Å². The molecule has 0 aliphatic carbocycles. The highest BCUT2D eigenvalue weighted by Gasteiger charge is 2.16. The number of hydrogen-bond acceptors (Lipinski definition) is 5. The Morgan fingerprint density at radius 2 is 0.818 bits per heavy atom. The molecule has 1 atom stereocenters. The van der Waals surface area contributed by atoms with E-state index in [1.165, 1.54) is 136 Å². The molecule has 0 heterocycles. The fourth-order valence-electron chi connectivity index (χ4n) is 5.27. The molecular weight excluding hydrogens is 548 g/mol. The van der Waals surface area contributed by atoms with Crippen molar-refractivity contribution in [3.63, 3.8) is 0 Å². The minimum Gasteiger partial charge on any atom is -0.459 e. The standard InChI is InChI=1S/C39H72O5/c1-4-6-8-10-12-14-16-18-20-22-24-26-28-30-32-34-37(40)43-36-39(42-3)44-38(41)35-33-31-29-27-25-23-21-19-17-15-13-11-9-7-5-2/h16-19,39H,4-15,20-36H2,1-3H3/b18-16-,19-17-. The van der Waals surface area contributed by atoms with Crippen LogP contribution in [0.1, 0.15) is 194 Å². The Morgan fingerprint density at radius 3 is 1.20 bits per heavy atom. The van der Waals surface area contributed by atoms with Gasteiger partial charge in [0.15, 0.2) is 6.61 Å². The molecule has 0 saturated heterocycles. The lowest BCUT2D eigenvalue weighted by atomic mass is 10.1. The molecule has 258 valence electrons. The SMILES string of the molecule is CCCCCCC/C=C\CCCCCCCCC(=O)OCC(OC)OC(=O)CCCCCCCC/C=C\CCCCCCC. The molecule has 0 aromatic heterocycles. The molecule has 0 rings (SSSR count). The van der Waals surface area contributed by atoms with Gasteiger partial charge >= 0.3 is 11.9 Å². The van der Waals surface area contributed by atoms with Crippen LogP contribution in [-0.2, 0) is 23.8 Å². The average molecular weight is 621 g/mol.